The average molecular weight is 259 g/mol. The van der Waals surface area contributed by atoms with Crippen molar-refractivity contribution >= 4 is 22.3 Å². The van der Waals surface area contributed by atoms with Crippen LogP contribution >= 0.6 is 0 Å². The Morgan fingerprint density at radius 1 is 1.37 bits per heavy atom. The number of fused-ring (bicyclic) bond motifs is 1. The quantitative estimate of drug-likeness (QED) is 0.551. The molecule has 4 nitrogen and oxygen atoms in total. The van der Waals surface area contributed by atoms with E-state index in [9.17, 15) is 0 Å². The third-order valence-corrected chi connectivity index (χ3v) is 3.30. The van der Waals surface area contributed by atoms with Crippen LogP contribution in [0.4, 0.5) is 11.4 Å². The predicted octanol–water partition coefficient (Wildman–Crippen LogP) is 2.64. The Morgan fingerprint density at radius 3 is 3.00 bits per heavy atom. The number of nitrogens with zero attached hydrogens (tertiary/aromatic N) is 1. The highest BCUT2D eigenvalue weighted by atomic mass is 16.3. The largest absolute Gasteiger partial charge is 0.398 e. The second kappa shape index (κ2) is 6.38. The summed E-state index contributed by atoms with van der Waals surface area (Å²) in [6, 6.07) is 7.75. The van der Waals surface area contributed by atoms with Gasteiger partial charge >= 0.3 is 0 Å². The number of hydrogen-bond donors (Lipinski definition) is 3. The monoisotopic (exact) mass is 259 g/mol. The lowest BCUT2D eigenvalue weighted by molar-refractivity contribution is 0.229. The van der Waals surface area contributed by atoms with E-state index in [1.165, 1.54) is 0 Å². The maximum Gasteiger partial charge on any atom is 0.0953 e. The number of aliphatic hydroxyl groups excluding tert-OH is 1. The summed E-state index contributed by atoms with van der Waals surface area (Å²) in [5, 5.41) is 13.4. The lowest BCUT2D eigenvalue weighted by Crippen LogP contribution is -2.07. The van der Waals surface area contributed by atoms with Gasteiger partial charge in [0.15, 0.2) is 0 Å². The van der Waals surface area contributed by atoms with E-state index >= 15 is 0 Å². The molecular formula is C15H21N3O. The highest BCUT2D eigenvalue weighted by molar-refractivity contribution is 5.98. The van der Waals surface area contributed by atoms with Crippen molar-refractivity contribution in [3.8, 4) is 0 Å². The van der Waals surface area contributed by atoms with Crippen molar-refractivity contribution in [3.63, 3.8) is 0 Å². The van der Waals surface area contributed by atoms with Crippen LogP contribution in [0.1, 0.15) is 19.8 Å². The van der Waals surface area contributed by atoms with E-state index in [1.54, 1.807) is 6.20 Å². The Balaban J connectivity index is 2.03. The third-order valence-electron chi connectivity index (χ3n) is 3.30. The molecule has 102 valence electrons. The van der Waals surface area contributed by atoms with Crippen LogP contribution in [0, 0.1) is 5.92 Å². The van der Waals surface area contributed by atoms with Crippen LogP contribution in [-0.2, 0) is 0 Å². The highest BCUT2D eigenvalue weighted by Crippen LogP contribution is 2.26. The molecule has 1 aromatic carbocycles. The number of aliphatic hydroxyl groups is 1. The second-order valence-corrected chi connectivity index (χ2v) is 4.96. The van der Waals surface area contributed by atoms with Crippen molar-refractivity contribution in [2.24, 2.45) is 5.92 Å². The third kappa shape index (κ3) is 3.35. The predicted molar refractivity (Wildman–Crippen MR) is 80.1 cm³/mol. The lowest BCUT2D eigenvalue weighted by Gasteiger charge is -2.11. The van der Waals surface area contributed by atoms with Gasteiger partial charge in [-0.1, -0.05) is 6.92 Å². The Kier molecular flexibility index (Phi) is 4.58. The van der Waals surface area contributed by atoms with Crippen molar-refractivity contribution in [2.75, 3.05) is 24.2 Å². The molecule has 1 heterocycles. The van der Waals surface area contributed by atoms with Crippen molar-refractivity contribution in [1.82, 2.24) is 4.98 Å². The molecule has 0 radical (unpaired) electrons. The van der Waals surface area contributed by atoms with Crippen molar-refractivity contribution < 1.29 is 5.11 Å². The number of hydrogen-bond acceptors (Lipinski definition) is 4. The van der Waals surface area contributed by atoms with Crippen LogP contribution in [0.15, 0.2) is 30.5 Å². The molecule has 0 spiro atoms. The van der Waals surface area contributed by atoms with Crippen molar-refractivity contribution in [3.05, 3.63) is 30.5 Å². The average Bonchev–Trinajstić information content (AvgIpc) is 2.45. The van der Waals surface area contributed by atoms with Gasteiger partial charge in [-0.3, -0.25) is 4.98 Å². The molecule has 19 heavy (non-hydrogen) atoms. The molecule has 0 aliphatic heterocycles. The lowest BCUT2D eigenvalue weighted by atomic mass is 10.1. The summed E-state index contributed by atoms with van der Waals surface area (Å²) in [4.78, 5) is 4.39. The number of aromatic nitrogens is 1. The summed E-state index contributed by atoms with van der Waals surface area (Å²) < 4.78 is 0. The molecule has 0 fully saturated rings. The number of rotatable bonds is 6. The minimum Gasteiger partial charge on any atom is -0.398 e. The first kappa shape index (κ1) is 13.6. The summed E-state index contributed by atoms with van der Waals surface area (Å²) in [5.74, 6) is 0.364. The number of pyridine rings is 1. The van der Waals surface area contributed by atoms with E-state index in [2.05, 4.69) is 17.2 Å². The first-order valence-corrected chi connectivity index (χ1v) is 6.70. The smallest absolute Gasteiger partial charge is 0.0953 e. The minimum atomic E-state index is 0.256. The van der Waals surface area contributed by atoms with Gasteiger partial charge in [0.05, 0.1) is 11.2 Å². The van der Waals surface area contributed by atoms with E-state index in [4.69, 9.17) is 10.8 Å². The summed E-state index contributed by atoms with van der Waals surface area (Å²) in [6.45, 7) is 3.19. The van der Waals surface area contributed by atoms with E-state index in [1.807, 2.05) is 24.3 Å². The van der Waals surface area contributed by atoms with Gasteiger partial charge in [-0.25, -0.2) is 0 Å². The molecular weight excluding hydrogens is 238 g/mol. The Bertz CT molecular complexity index is 542. The van der Waals surface area contributed by atoms with E-state index < -0.39 is 0 Å². The van der Waals surface area contributed by atoms with Crippen LogP contribution < -0.4 is 11.1 Å². The Morgan fingerprint density at radius 2 is 2.21 bits per heavy atom. The molecule has 2 aromatic rings. The van der Waals surface area contributed by atoms with Crippen LogP contribution in [0.25, 0.3) is 10.9 Å². The maximum atomic E-state index is 8.98. The molecule has 1 aromatic heterocycles. The summed E-state index contributed by atoms with van der Waals surface area (Å²) >= 11 is 0. The number of benzene rings is 1. The van der Waals surface area contributed by atoms with Gasteiger partial charge in [-0.15, -0.1) is 0 Å². The fourth-order valence-electron chi connectivity index (χ4n) is 2.10. The van der Waals surface area contributed by atoms with Crippen molar-refractivity contribution in [1.29, 1.82) is 0 Å². The molecule has 0 aliphatic rings. The molecule has 4 heteroatoms. The zero-order valence-corrected chi connectivity index (χ0v) is 11.3. The molecule has 0 saturated carbocycles. The zero-order chi connectivity index (χ0) is 13.7. The van der Waals surface area contributed by atoms with Crippen LogP contribution in [0.3, 0.4) is 0 Å². The Labute approximate surface area is 113 Å². The summed E-state index contributed by atoms with van der Waals surface area (Å²) in [5.41, 5.74) is 8.62. The second-order valence-electron chi connectivity index (χ2n) is 4.96. The molecule has 0 amide bonds. The first-order valence-electron chi connectivity index (χ1n) is 6.70. The van der Waals surface area contributed by atoms with Crippen molar-refractivity contribution in [2.45, 2.75) is 19.8 Å². The number of nitrogens with one attached hydrogen (secondary N) is 1. The summed E-state index contributed by atoms with van der Waals surface area (Å²) in [6.07, 6.45) is 3.82. The molecule has 0 saturated heterocycles. The molecule has 0 bridgehead atoms. The SMILES string of the molecule is CC(CO)CCCNc1ccc(N)c2cccnc12. The topological polar surface area (TPSA) is 71.2 Å². The van der Waals surface area contributed by atoms with Gasteiger partial charge in [0.25, 0.3) is 0 Å². The first-order chi connectivity index (χ1) is 9.22. The number of nitrogen functional groups attached to an aromatic ring is 1. The fourth-order valence-corrected chi connectivity index (χ4v) is 2.10. The highest BCUT2D eigenvalue weighted by Gasteiger charge is 2.05. The van der Waals surface area contributed by atoms with E-state index in [0.717, 1.165) is 41.7 Å². The molecule has 0 aliphatic carbocycles. The molecule has 4 N–H and O–H groups in total. The van der Waals surface area contributed by atoms with Gasteiger partial charge in [0, 0.05) is 30.4 Å². The van der Waals surface area contributed by atoms with Crippen LogP contribution in [-0.4, -0.2) is 23.2 Å². The van der Waals surface area contributed by atoms with E-state index in [0.29, 0.717) is 5.92 Å². The molecule has 1 atom stereocenters. The Hall–Kier alpha value is -1.81. The fraction of sp³-hybridized carbons (Fsp3) is 0.400. The van der Waals surface area contributed by atoms with Gasteiger partial charge in [-0.05, 0) is 43.0 Å². The van der Waals surface area contributed by atoms with Gasteiger partial charge in [-0.2, -0.15) is 0 Å². The molecule has 2 rings (SSSR count). The maximum absolute atomic E-state index is 8.98. The standard InChI is InChI=1S/C15H21N3O/c1-11(10-19)4-2-8-17-14-7-6-13(16)12-5-3-9-18-15(12)14/h3,5-7,9,11,17,19H,2,4,8,10,16H2,1H3. The van der Waals surface area contributed by atoms with Crippen LogP contribution in [0.2, 0.25) is 0 Å². The summed E-state index contributed by atoms with van der Waals surface area (Å²) in [7, 11) is 0. The van der Waals surface area contributed by atoms with Gasteiger partial charge in [0.1, 0.15) is 0 Å². The molecule has 1 unspecified atom stereocenters. The van der Waals surface area contributed by atoms with Gasteiger partial charge in [0.2, 0.25) is 0 Å². The van der Waals surface area contributed by atoms with Crippen LogP contribution in [0.5, 0.6) is 0 Å². The zero-order valence-electron chi connectivity index (χ0n) is 11.3. The number of nitrogens with two attached hydrogens (primary N) is 1. The number of anilines is 2. The normalized spacial score (nSPS) is 12.5. The minimum absolute atomic E-state index is 0.256. The van der Waals surface area contributed by atoms with Gasteiger partial charge < -0.3 is 16.2 Å². The van der Waals surface area contributed by atoms with E-state index in [-0.39, 0.29) is 6.61 Å².